The number of rotatable bonds is 4. The van der Waals surface area contributed by atoms with E-state index >= 15 is 0 Å². The van der Waals surface area contributed by atoms with E-state index < -0.39 is 23.2 Å². The van der Waals surface area contributed by atoms with Crippen LogP contribution in [0.4, 0.5) is 13.2 Å². The Bertz CT molecular complexity index is 1110. The highest BCUT2D eigenvalue weighted by Crippen LogP contribution is 2.34. The van der Waals surface area contributed by atoms with Crippen LogP contribution in [0.15, 0.2) is 29.3 Å². The van der Waals surface area contributed by atoms with Gasteiger partial charge in [0.15, 0.2) is 5.49 Å². The maximum Gasteiger partial charge on any atom is 0.416 e. The van der Waals surface area contributed by atoms with Gasteiger partial charge in [-0.2, -0.15) is 18.2 Å². The van der Waals surface area contributed by atoms with Gasteiger partial charge in [0.25, 0.3) is 5.91 Å². The highest BCUT2D eigenvalue weighted by molar-refractivity contribution is 5.97. The average molecular weight is 482 g/mol. The van der Waals surface area contributed by atoms with Crippen LogP contribution in [-0.2, 0) is 29.9 Å². The minimum atomic E-state index is -4.60. The second-order valence-electron chi connectivity index (χ2n) is 10.7. The van der Waals surface area contributed by atoms with Gasteiger partial charge >= 0.3 is 6.18 Å². The maximum absolute atomic E-state index is 13.4. The molecule has 1 aromatic heterocycles. The van der Waals surface area contributed by atoms with E-state index in [1.54, 1.807) is 20.8 Å². The summed E-state index contributed by atoms with van der Waals surface area (Å²) in [6, 6.07) is 4.72. The van der Waals surface area contributed by atoms with Gasteiger partial charge in [-0.15, -0.1) is 0 Å². The van der Waals surface area contributed by atoms with Gasteiger partial charge in [0.1, 0.15) is 11.4 Å². The lowest BCUT2D eigenvalue weighted by molar-refractivity contribution is -0.137. The van der Waals surface area contributed by atoms with Gasteiger partial charge in [-0.3, -0.25) is 14.2 Å². The quantitative estimate of drug-likeness (QED) is 0.600. The Morgan fingerprint density at radius 2 is 1.82 bits per heavy atom. The van der Waals surface area contributed by atoms with Crippen molar-refractivity contribution in [3.63, 3.8) is 0 Å². The zero-order chi connectivity index (χ0) is 25.5. The molecule has 1 aliphatic heterocycles. The van der Waals surface area contributed by atoms with Crippen molar-refractivity contribution < 1.29 is 27.4 Å². The lowest BCUT2D eigenvalue weighted by atomic mass is 9.92. The third kappa shape index (κ3) is 6.11. The fourth-order valence-electron chi connectivity index (χ4n) is 4.02. The average Bonchev–Trinajstić information content (AvgIpc) is 3.29. The summed E-state index contributed by atoms with van der Waals surface area (Å²) >= 11 is 0. The molecule has 1 aromatic carbocycles. The van der Waals surface area contributed by atoms with Crippen LogP contribution >= 0.6 is 0 Å². The van der Waals surface area contributed by atoms with Crippen molar-refractivity contribution in [2.75, 3.05) is 6.61 Å². The molecule has 0 bridgehead atoms. The normalized spacial score (nSPS) is 17.9. The van der Waals surface area contributed by atoms with E-state index in [-0.39, 0.29) is 22.8 Å². The lowest BCUT2D eigenvalue weighted by Crippen LogP contribution is -2.30. The third-order valence-corrected chi connectivity index (χ3v) is 5.58. The minimum Gasteiger partial charge on any atom is -0.487 e. The number of nitrogens with zero attached hydrogens (tertiary/aromatic N) is 3. The van der Waals surface area contributed by atoms with E-state index in [2.05, 4.69) is 4.99 Å². The number of halogens is 3. The van der Waals surface area contributed by atoms with Crippen LogP contribution in [0.1, 0.15) is 76.0 Å². The Hall–Kier alpha value is -2.55. The number of carbonyl (C=O) groups excluding carboxylic acids is 1. The predicted molar refractivity (Wildman–Crippen MR) is 123 cm³/mol. The molecular formula is C25H34F3N3O3. The molecule has 6 nitrogen and oxygen atoms in total. The first-order valence-corrected chi connectivity index (χ1v) is 11.4. The van der Waals surface area contributed by atoms with E-state index in [0.29, 0.717) is 18.6 Å². The number of amides is 1. The Morgan fingerprint density at radius 3 is 2.35 bits per heavy atom. The van der Waals surface area contributed by atoms with Crippen LogP contribution < -0.4 is 10.2 Å². The van der Waals surface area contributed by atoms with Crippen LogP contribution in [0.5, 0.6) is 5.75 Å². The molecule has 0 spiro atoms. The SMILES string of the molecule is Cn1c(C(C)(C)C)c/c(=N\C(=O)c2cc(C(F)(F)F)ccc2OC(C)(C)C)n1C[C@H]1CCCO1. The van der Waals surface area contributed by atoms with Crippen molar-refractivity contribution in [2.45, 2.75) is 84.2 Å². The molecule has 188 valence electrons. The summed E-state index contributed by atoms with van der Waals surface area (Å²) in [5, 5.41) is 0. The number of ether oxygens (including phenoxy) is 2. The highest BCUT2D eigenvalue weighted by Gasteiger charge is 2.33. The van der Waals surface area contributed by atoms with Crippen LogP contribution in [0.3, 0.4) is 0 Å². The number of benzene rings is 1. The second-order valence-corrected chi connectivity index (χ2v) is 10.7. The van der Waals surface area contributed by atoms with Gasteiger partial charge in [0, 0.05) is 30.8 Å². The molecule has 1 fully saturated rings. The maximum atomic E-state index is 13.4. The first-order valence-electron chi connectivity index (χ1n) is 11.4. The van der Waals surface area contributed by atoms with Crippen LogP contribution in [-0.4, -0.2) is 33.6 Å². The number of carbonyl (C=O) groups is 1. The smallest absolute Gasteiger partial charge is 0.416 e. The molecule has 0 unspecified atom stereocenters. The molecule has 1 atom stereocenters. The van der Waals surface area contributed by atoms with Gasteiger partial charge in [-0.25, -0.2) is 0 Å². The van der Waals surface area contributed by atoms with Crippen molar-refractivity contribution in [2.24, 2.45) is 12.0 Å². The minimum absolute atomic E-state index is 0.0104. The standard InChI is InChI=1S/C25H34F3N3O3/c1-23(2,3)20-14-21(31(30(20)7)15-17-9-8-12-33-17)29-22(32)18-13-16(25(26,27)28)10-11-19(18)34-24(4,5)6/h10-11,13-14,17H,8-9,12,15H2,1-7H3/b29-21+/t17-/m1/s1. The summed E-state index contributed by atoms with van der Waals surface area (Å²) in [7, 11) is 1.89. The summed E-state index contributed by atoms with van der Waals surface area (Å²) in [4.78, 5) is 17.6. The third-order valence-electron chi connectivity index (χ3n) is 5.58. The fraction of sp³-hybridized carbons (Fsp3) is 0.600. The van der Waals surface area contributed by atoms with Crippen LogP contribution in [0.25, 0.3) is 0 Å². The molecule has 1 amide bonds. The molecule has 0 N–H and O–H groups in total. The van der Waals surface area contributed by atoms with Crippen molar-refractivity contribution in [3.05, 3.63) is 46.6 Å². The van der Waals surface area contributed by atoms with Crippen LogP contribution in [0.2, 0.25) is 0 Å². The summed E-state index contributed by atoms with van der Waals surface area (Å²) in [5.41, 5.74) is -0.793. The lowest BCUT2D eigenvalue weighted by Gasteiger charge is -2.23. The summed E-state index contributed by atoms with van der Waals surface area (Å²) in [6.07, 6.45) is -2.75. The summed E-state index contributed by atoms with van der Waals surface area (Å²) in [6.45, 7) is 12.6. The number of aromatic nitrogens is 2. The Morgan fingerprint density at radius 1 is 1.15 bits per heavy atom. The Balaban J connectivity index is 2.14. The van der Waals surface area contributed by atoms with Crippen molar-refractivity contribution in [3.8, 4) is 5.75 Å². The first-order chi connectivity index (χ1) is 15.6. The largest absolute Gasteiger partial charge is 0.487 e. The molecule has 1 saturated heterocycles. The number of hydrogen-bond donors (Lipinski definition) is 0. The van der Waals surface area contributed by atoms with E-state index in [1.807, 2.05) is 43.2 Å². The highest BCUT2D eigenvalue weighted by atomic mass is 19.4. The van der Waals surface area contributed by atoms with Crippen LogP contribution in [0, 0.1) is 0 Å². The Kier molecular flexibility index (Phi) is 7.09. The molecule has 0 radical (unpaired) electrons. The zero-order valence-electron chi connectivity index (χ0n) is 20.9. The van der Waals surface area contributed by atoms with Crippen molar-refractivity contribution in [1.82, 2.24) is 9.36 Å². The van der Waals surface area contributed by atoms with Gasteiger partial charge < -0.3 is 9.47 Å². The second kappa shape index (κ2) is 9.24. The van der Waals surface area contributed by atoms with Gasteiger partial charge in [0.05, 0.1) is 23.8 Å². The molecule has 3 rings (SSSR count). The zero-order valence-corrected chi connectivity index (χ0v) is 20.9. The van der Waals surface area contributed by atoms with E-state index in [0.717, 1.165) is 30.7 Å². The molecule has 0 saturated carbocycles. The van der Waals surface area contributed by atoms with Gasteiger partial charge in [-0.1, -0.05) is 20.8 Å². The van der Waals surface area contributed by atoms with Gasteiger partial charge in [0.2, 0.25) is 0 Å². The van der Waals surface area contributed by atoms with Gasteiger partial charge in [-0.05, 0) is 51.8 Å². The summed E-state index contributed by atoms with van der Waals surface area (Å²) in [5.74, 6) is -0.732. The van der Waals surface area contributed by atoms with E-state index in [4.69, 9.17) is 9.47 Å². The topological polar surface area (TPSA) is 57.8 Å². The van der Waals surface area contributed by atoms with E-state index in [1.165, 1.54) is 6.07 Å². The molecule has 2 aromatic rings. The Labute approximate surface area is 198 Å². The first kappa shape index (κ1) is 26.1. The fourth-order valence-corrected chi connectivity index (χ4v) is 4.02. The predicted octanol–water partition coefficient (Wildman–Crippen LogP) is 5.24. The molecule has 9 heteroatoms. The number of hydrogen-bond acceptors (Lipinski definition) is 3. The van der Waals surface area contributed by atoms with Crippen molar-refractivity contribution >= 4 is 5.91 Å². The molecule has 1 aliphatic rings. The monoisotopic (exact) mass is 481 g/mol. The molecular weight excluding hydrogens is 447 g/mol. The summed E-state index contributed by atoms with van der Waals surface area (Å²) < 4.78 is 55.6. The van der Waals surface area contributed by atoms with E-state index in [9.17, 15) is 18.0 Å². The number of alkyl halides is 3. The molecule has 0 aliphatic carbocycles. The van der Waals surface area contributed by atoms with Crippen molar-refractivity contribution in [1.29, 1.82) is 0 Å². The molecule has 2 heterocycles. The molecule has 34 heavy (non-hydrogen) atoms.